The zero-order chi connectivity index (χ0) is 15.5. The van der Waals surface area contributed by atoms with Gasteiger partial charge in [-0.3, -0.25) is 4.79 Å². The molecule has 0 atom stereocenters. The van der Waals surface area contributed by atoms with Crippen LogP contribution in [-0.4, -0.2) is 42.0 Å². The van der Waals surface area contributed by atoms with Crippen LogP contribution in [0.25, 0.3) is 0 Å². The highest BCUT2D eigenvalue weighted by molar-refractivity contribution is 5.94. The van der Waals surface area contributed by atoms with Gasteiger partial charge in [-0.05, 0) is 24.3 Å². The van der Waals surface area contributed by atoms with E-state index in [1.54, 1.807) is 29.3 Å². The molecular weight excluding hydrogens is 283 g/mol. The van der Waals surface area contributed by atoms with E-state index in [-0.39, 0.29) is 11.5 Å². The number of halogens is 1. The second-order valence-corrected chi connectivity index (χ2v) is 5.21. The minimum absolute atomic E-state index is 0.126. The molecule has 0 saturated carbocycles. The number of nitrogens with two attached hydrogens (primary N) is 1. The Bertz CT molecular complexity index is 666. The molecule has 2 heterocycles. The molecule has 1 aromatic heterocycles. The van der Waals surface area contributed by atoms with Crippen molar-refractivity contribution in [2.45, 2.75) is 0 Å². The van der Waals surface area contributed by atoms with Gasteiger partial charge < -0.3 is 15.5 Å². The molecule has 1 aromatic carbocycles. The number of nitrogens with zero attached hydrogens (tertiary/aromatic N) is 3. The molecule has 22 heavy (non-hydrogen) atoms. The molecule has 3 rings (SSSR count). The molecule has 0 radical (unpaired) electrons. The maximum atomic E-state index is 13.7. The Morgan fingerprint density at radius 1 is 1.09 bits per heavy atom. The SMILES string of the molecule is Nc1ccc(N2CCN(C(=O)c3ccccc3F)CC2)nc1. The molecule has 1 aliphatic heterocycles. The number of rotatable bonds is 2. The quantitative estimate of drug-likeness (QED) is 0.918. The fourth-order valence-electron chi connectivity index (χ4n) is 2.53. The van der Waals surface area contributed by atoms with Gasteiger partial charge in [0.15, 0.2) is 0 Å². The summed E-state index contributed by atoms with van der Waals surface area (Å²) in [6, 6.07) is 9.75. The lowest BCUT2D eigenvalue weighted by Crippen LogP contribution is -2.49. The summed E-state index contributed by atoms with van der Waals surface area (Å²) >= 11 is 0. The van der Waals surface area contributed by atoms with E-state index in [0.29, 0.717) is 31.9 Å². The molecule has 1 saturated heterocycles. The molecule has 0 aliphatic carbocycles. The lowest BCUT2D eigenvalue weighted by atomic mass is 10.1. The van der Waals surface area contributed by atoms with Gasteiger partial charge in [0.05, 0.1) is 17.4 Å². The van der Waals surface area contributed by atoms with Crippen molar-refractivity contribution in [2.75, 3.05) is 36.8 Å². The van der Waals surface area contributed by atoms with Crippen LogP contribution >= 0.6 is 0 Å². The minimum Gasteiger partial charge on any atom is -0.397 e. The van der Waals surface area contributed by atoms with E-state index in [2.05, 4.69) is 9.88 Å². The largest absolute Gasteiger partial charge is 0.397 e. The van der Waals surface area contributed by atoms with E-state index >= 15 is 0 Å². The zero-order valence-electron chi connectivity index (χ0n) is 12.1. The number of amides is 1. The van der Waals surface area contributed by atoms with E-state index in [0.717, 1.165) is 5.82 Å². The number of hydrogen-bond acceptors (Lipinski definition) is 4. The van der Waals surface area contributed by atoms with Gasteiger partial charge in [0.1, 0.15) is 11.6 Å². The topological polar surface area (TPSA) is 62.5 Å². The molecule has 1 amide bonds. The average Bonchev–Trinajstić information content (AvgIpc) is 2.56. The van der Waals surface area contributed by atoms with Crippen molar-refractivity contribution in [2.24, 2.45) is 0 Å². The molecule has 1 fully saturated rings. The third kappa shape index (κ3) is 2.86. The molecule has 0 bridgehead atoms. The van der Waals surface area contributed by atoms with Crippen LogP contribution in [-0.2, 0) is 0 Å². The summed E-state index contributed by atoms with van der Waals surface area (Å²) in [5.41, 5.74) is 6.38. The highest BCUT2D eigenvalue weighted by Crippen LogP contribution is 2.17. The van der Waals surface area contributed by atoms with Crippen LogP contribution in [0.1, 0.15) is 10.4 Å². The van der Waals surface area contributed by atoms with E-state index < -0.39 is 5.82 Å². The molecule has 114 valence electrons. The van der Waals surface area contributed by atoms with Crippen molar-refractivity contribution in [1.29, 1.82) is 0 Å². The number of carbonyl (C=O) groups is 1. The first kappa shape index (κ1) is 14.3. The lowest BCUT2D eigenvalue weighted by Gasteiger charge is -2.35. The van der Waals surface area contributed by atoms with Gasteiger partial charge in [-0.15, -0.1) is 0 Å². The first-order valence-electron chi connectivity index (χ1n) is 7.15. The number of carbonyl (C=O) groups excluding carboxylic acids is 1. The summed E-state index contributed by atoms with van der Waals surface area (Å²) in [6.07, 6.45) is 1.62. The number of piperazine rings is 1. The van der Waals surface area contributed by atoms with Gasteiger partial charge in [-0.25, -0.2) is 9.37 Å². The van der Waals surface area contributed by atoms with E-state index in [1.165, 1.54) is 12.1 Å². The van der Waals surface area contributed by atoms with Crippen molar-refractivity contribution in [1.82, 2.24) is 9.88 Å². The molecule has 6 heteroatoms. The highest BCUT2D eigenvalue weighted by Gasteiger charge is 2.24. The van der Waals surface area contributed by atoms with Crippen LogP contribution in [0.2, 0.25) is 0 Å². The van der Waals surface area contributed by atoms with Gasteiger partial charge in [0.25, 0.3) is 5.91 Å². The molecule has 0 spiro atoms. The molecule has 0 unspecified atom stereocenters. The molecule has 2 N–H and O–H groups in total. The third-order valence-electron chi connectivity index (χ3n) is 3.77. The predicted molar refractivity (Wildman–Crippen MR) is 83.2 cm³/mol. The number of aromatic nitrogens is 1. The summed E-state index contributed by atoms with van der Waals surface area (Å²) in [5.74, 6) is 0.102. The van der Waals surface area contributed by atoms with Crippen LogP contribution < -0.4 is 10.6 Å². The van der Waals surface area contributed by atoms with Crippen LogP contribution in [0.5, 0.6) is 0 Å². The van der Waals surface area contributed by atoms with Crippen LogP contribution in [0.3, 0.4) is 0 Å². The van der Waals surface area contributed by atoms with E-state index in [1.807, 2.05) is 6.07 Å². The Labute approximate surface area is 128 Å². The van der Waals surface area contributed by atoms with E-state index in [9.17, 15) is 9.18 Å². The third-order valence-corrected chi connectivity index (χ3v) is 3.77. The predicted octanol–water partition coefficient (Wildman–Crippen LogP) is 1.77. The van der Waals surface area contributed by atoms with Gasteiger partial charge in [0, 0.05) is 26.2 Å². The monoisotopic (exact) mass is 300 g/mol. The lowest BCUT2D eigenvalue weighted by molar-refractivity contribution is 0.0742. The Balaban J connectivity index is 1.65. The number of nitrogen functional groups attached to an aromatic ring is 1. The molecule has 2 aromatic rings. The first-order chi connectivity index (χ1) is 10.6. The smallest absolute Gasteiger partial charge is 0.256 e. The summed E-state index contributed by atoms with van der Waals surface area (Å²) in [5, 5.41) is 0. The van der Waals surface area contributed by atoms with Crippen LogP contribution in [0, 0.1) is 5.82 Å². The van der Waals surface area contributed by atoms with Gasteiger partial charge >= 0.3 is 0 Å². The van der Waals surface area contributed by atoms with Gasteiger partial charge in [-0.1, -0.05) is 12.1 Å². The molecule has 5 nitrogen and oxygen atoms in total. The average molecular weight is 300 g/mol. The second kappa shape index (κ2) is 6.01. The van der Waals surface area contributed by atoms with Crippen molar-refractivity contribution >= 4 is 17.4 Å². The fourth-order valence-corrected chi connectivity index (χ4v) is 2.53. The highest BCUT2D eigenvalue weighted by atomic mass is 19.1. The zero-order valence-corrected chi connectivity index (χ0v) is 12.1. The standard InChI is InChI=1S/C16H17FN4O/c17-14-4-2-1-3-13(14)16(22)21-9-7-20(8-10-21)15-6-5-12(18)11-19-15/h1-6,11H,7-10,18H2. The maximum Gasteiger partial charge on any atom is 0.256 e. The minimum atomic E-state index is -0.477. The first-order valence-corrected chi connectivity index (χ1v) is 7.15. The van der Waals surface area contributed by atoms with Gasteiger partial charge in [-0.2, -0.15) is 0 Å². The Kier molecular flexibility index (Phi) is 3.91. The Morgan fingerprint density at radius 2 is 1.82 bits per heavy atom. The van der Waals surface area contributed by atoms with Crippen molar-refractivity contribution in [3.05, 3.63) is 54.0 Å². The summed E-state index contributed by atoms with van der Waals surface area (Å²) in [6.45, 7) is 2.41. The van der Waals surface area contributed by atoms with Crippen molar-refractivity contribution < 1.29 is 9.18 Å². The fraction of sp³-hybridized carbons (Fsp3) is 0.250. The van der Waals surface area contributed by atoms with Gasteiger partial charge in [0.2, 0.25) is 0 Å². The Hall–Kier alpha value is -2.63. The van der Waals surface area contributed by atoms with Crippen molar-refractivity contribution in [3.63, 3.8) is 0 Å². The molecular formula is C16H17FN4O. The van der Waals surface area contributed by atoms with Crippen LogP contribution in [0.15, 0.2) is 42.6 Å². The Morgan fingerprint density at radius 3 is 2.45 bits per heavy atom. The summed E-state index contributed by atoms with van der Waals surface area (Å²) in [7, 11) is 0. The number of benzene rings is 1. The van der Waals surface area contributed by atoms with Crippen molar-refractivity contribution in [3.8, 4) is 0 Å². The maximum absolute atomic E-state index is 13.7. The summed E-state index contributed by atoms with van der Waals surface area (Å²) in [4.78, 5) is 20.4. The second-order valence-electron chi connectivity index (χ2n) is 5.21. The summed E-state index contributed by atoms with van der Waals surface area (Å²) < 4.78 is 13.7. The number of anilines is 2. The number of pyridine rings is 1. The number of hydrogen-bond donors (Lipinski definition) is 1. The normalized spacial score (nSPS) is 15.0. The van der Waals surface area contributed by atoms with E-state index in [4.69, 9.17) is 5.73 Å². The van der Waals surface area contributed by atoms with Crippen LogP contribution in [0.4, 0.5) is 15.9 Å². The molecule has 1 aliphatic rings.